The number of nitrogens with one attached hydrogen (secondary N) is 3. The van der Waals surface area contributed by atoms with Gasteiger partial charge in [0.25, 0.3) is 26.0 Å². The van der Waals surface area contributed by atoms with Crippen LogP contribution in [0, 0.1) is 20.8 Å². The van der Waals surface area contributed by atoms with Crippen molar-refractivity contribution < 1.29 is 21.6 Å². The van der Waals surface area contributed by atoms with Crippen molar-refractivity contribution >= 4 is 66.2 Å². The molecule has 208 valence electrons. The Balaban J connectivity index is 1.51. The number of sulfonamides is 2. The lowest BCUT2D eigenvalue weighted by Crippen LogP contribution is -2.17. The predicted octanol–water partition coefficient (Wildman–Crippen LogP) is 6.77. The van der Waals surface area contributed by atoms with E-state index < -0.39 is 26.0 Å². The molecule has 4 aromatic carbocycles. The van der Waals surface area contributed by atoms with E-state index in [0.717, 1.165) is 11.1 Å². The lowest BCUT2D eigenvalue weighted by atomic mass is 10.1. The zero-order chi connectivity index (χ0) is 29.2. The SMILES string of the molecule is Cc1ccc(NS(=O)(=O)c2cc(C(=O)Nc3ccc(S(=O)(=O)Nc4cccc(Cl)c4C)cc3)ccc2Cl)cc1C. The van der Waals surface area contributed by atoms with Gasteiger partial charge in [0, 0.05) is 22.0 Å². The fourth-order valence-electron chi connectivity index (χ4n) is 3.71. The van der Waals surface area contributed by atoms with Crippen molar-refractivity contribution in [3.8, 4) is 0 Å². The summed E-state index contributed by atoms with van der Waals surface area (Å²) in [7, 11) is -8.02. The monoisotopic (exact) mass is 617 g/mol. The summed E-state index contributed by atoms with van der Waals surface area (Å²) >= 11 is 12.3. The van der Waals surface area contributed by atoms with Gasteiger partial charge in [0.1, 0.15) is 4.90 Å². The fraction of sp³-hybridized carbons (Fsp3) is 0.107. The van der Waals surface area contributed by atoms with Gasteiger partial charge in [0.05, 0.1) is 15.6 Å². The second-order valence-corrected chi connectivity index (χ2v) is 13.2. The van der Waals surface area contributed by atoms with E-state index in [-0.39, 0.29) is 20.4 Å². The summed E-state index contributed by atoms with van der Waals surface area (Å²) in [4.78, 5) is 12.6. The summed E-state index contributed by atoms with van der Waals surface area (Å²) in [6.07, 6.45) is 0. The van der Waals surface area contributed by atoms with E-state index in [2.05, 4.69) is 14.8 Å². The number of benzene rings is 4. The summed E-state index contributed by atoms with van der Waals surface area (Å²) in [6, 6.07) is 19.4. The number of hydrogen-bond acceptors (Lipinski definition) is 5. The Morgan fingerprint density at radius 1 is 0.675 bits per heavy atom. The minimum absolute atomic E-state index is 0.0258. The summed E-state index contributed by atoms with van der Waals surface area (Å²) in [5.41, 5.74) is 3.57. The maximum atomic E-state index is 13.1. The Kier molecular flexibility index (Phi) is 8.46. The van der Waals surface area contributed by atoms with Crippen molar-refractivity contribution in [2.24, 2.45) is 0 Å². The van der Waals surface area contributed by atoms with Crippen LogP contribution in [0.25, 0.3) is 0 Å². The second-order valence-electron chi connectivity index (χ2n) is 9.05. The number of carbonyl (C=O) groups excluding carboxylic acids is 1. The molecule has 0 atom stereocenters. The van der Waals surface area contributed by atoms with E-state index in [1.807, 2.05) is 13.8 Å². The second kappa shape index (κ2) is 11.5. The summed E-state index contributed by atoms with van der Waals surface area (Å²) in [5, 5.41) is 3.01. The number of amides is 1. The van der Waals surface area contributed by atoms with Gasteiger partial charge in [-0.15, -0.1) is 0 Å². The van der Waals surface area contributed by atoms with Crippen molar-refractivity contribution in [1.82, 2.24) is 0 Å². The molecule has 0 unspecified atom stereocenters. The van der Waals surface area contributed by atoms with E-state index in [1.165, 1.54) is 42.5 Å². The average Bonchev–Trinajstić information content (AvgIpc) is 2.89. The first-order valence-electron chi connectivity index (χ1n) is 11.9. The molecule has 40 heavy (non-hydrogen) atoms. The van der Waals surface area contributed by atoms with Gasteiger partial charge in [-0.3, -0.25) is 14.2 Å². The van der Waals surface area contributed by atoms with Crippen LogP contribution in [-0.4, -0.2) is 22.7 Å². The number of carbonyl (C=O) groups is 1. The van der Waals surface area contributed by atoms with Crippen molar-refractivity contribution in [2.75, 3.05) is 14.8 Å². The maximum absolute atomic E-state index is 13.1. The van der Waals surface area contributed by atoms with Crippen LogP contribution in [0.4, 0.5) is 17.1 Å². The molecule has 4 rings (SSSR count). The van der Waals surface area contributed by atoms with Gasteiger partial charge in [-0.05, 0) is 104 Å². The smallest absolute Gasteiger partial charge is 0.263 e. The molecule has 4 aromatic rings. The molecule has 0 aromatic heterocycles. The Bertz CT molecular complexity index is 1830. The number of anilines is 3. The number of rotatable bonds is 8. The van der Waals surface area contributed by atoms with Crippen molar-refractivity contribution in [1.29, 1.82) is 0 Å². The molecule has 0 bridgehead atoms. The maximum Gasteiger partial charge on any atom is 0.263 e. The highest BCUT2D eigenvalue weighted by molar-refractivity contribution is 7.93. The third-order valence-corrected chi connectivity index (χ3v) is 9.83. The van der Waals surface area contributed by atoms with Crippen LogP contribution in [0.2, 0.25) is 10.0 Å². The third kappa shape index (κ3) is 6.59. The lowest BCUT2D eigenvalue weighted by molar-refractivity contribution is 0.102. The van der Waals surface area contributed by atoms with Crippen LogP contribution in [0.3, 0.4) is 0 Å². The molecule has 0 radical (unpaired) electrons. The van der Waals surface area contributed by atoms with Gasteiger partial charge in [-0.1, -0.05) is 35.3 Å². The molecule has 8 nitrogen and oxygen atoms in total. The number of aryl methyl sites for hydroxylation is 2. The van der Waals surface area contributed by atoms with E-state index in [9.17, 15) is 21.6 Å². The Labute approximate surface area is 243 Å². The molecule has 12 heteroatoms. The minimum Gasteiger partial charge on any atom is -0.322 e. The summed E-state index contributed by atoms with van der Waals surface area (Å²) < 4.78 is 56.8. The highest BCUT2D eigenvalue weighted by Crippen LogP contribution is 2.28. The van der Waals surface area contributed by atoms with Crippen LogP contribution in [0.15, 0.2) is 88.7 Å². The Morgan fingerprint density at radius 2 is 1.35 bits per heavy atom. The van der Waals surface area contributed by atoms with Crippen LogP contribution in [-0.2, 0) is 20.0 Å². The van der Waals surface area contributed by atoms with Gasteiger partial charge in [0.15, 0.2) is 0 Å². The van der Waals surface area contributed by atoms with Gasteiger partial charge < -0.3 is 5.32 Å². The van der Waals surface area contributed by atoms with E-state index in [0.29, 0.717) is 27.6 Å². The first-order chi connectivity index (χ1) is 18.8. The predicted molar refractivity (Wildman–Crippen MR) is 160 cm³/mol. The van der Waals surface area contributed by atoms with Crippen LogP contribution >= 0.6 is 23.2 Å². The molecule has 0 saturated heterocycles. The molecular formula is C28H25Cl2N3O5S2. The highest BCUT2D eigenvalue weighted by atomic mass is 35.5. The molecule has 1 amide bonds. The van der Waals surface area contributed by atoms with Crippen LogP contribution in [0.1, 0.15) is 27.0 Å². The fourth-order valence-corrected chi connectivity index (χ4v) is 6.58. The number of halogens is 2. The van der Waals surface area contributed by atoms with Crippen molar-refractivity contribution in [3.63, 3.8) is 0 Å². The molecule has 0 fully saturated rings. The molecular weight excluding hydrogens is 593 g/mol. The highest BCUT2D eigenvalue weighted by Gasteiger charge is 2.21. The minimum atomic E-state index is -4.10. The first-order valence-corrected chi connectivity index (χ1v) is 15.6. The molecule has 3 N–H and O–H groups in total. The molecule has 0 aliphatic rings. The molecule has 0 aliphatic heterocycles. The number of hydrogen-bond donors (Lipinski definition) is 3. The topological polar surface area (TPSA) is 121 Å². The van der Waals surface area contributed by atoms with Crippen molar-refractivity contribution in [2.45, 2.75) is 30.6 Å². The van der Waals surface area contributed by atoms with Gasteiger partial charge in [0.2, 0.25) is 0 Å². The van der Waals surface area contributed by atoms with E-state index >= 15 is 0 Å². The third-order valence-electron chi connectivity index (χ3n) is 6.18. The molecule has 0 spiro atoms. The van der Waals surface area contributed by atoms with E-state index in [4.69, 9.17) is 23.2 Å². The largest absolute Gasteiger partial charge is 0.322 e. The van der Waals surface area contributed by atoms with Gasteiger partial charge in [-0.2, -0.15) is 0 Å². The summed E-state index contributed by atoms with van der Waals surface area (Å²) in [5.74, 6) is -0.609. The van der Waals surface area contributed by atoms with Crippen molar-refractivity contribution in [3.05, 3.63) is 111 Å². The van der Waals surface area contributed by atoms with Gasteiger partial charge >= 0.3 is 0 Å². The van der Waals surface area contributed by atoms with Crippen LogP contribution in [0.5, 0.6) is 0 Å². The zero-order valence-electron chi connectivity index (χ0n) is 21.6. The van der Waals surface area contributed by atoms with Crippen LogP contribution < -0.4 is 14.8 Å². The molecule has 0 saturated carbocycles. The zero-order valence-corrected chi connectivity index (χ0v) is 24.8. The average molecular weight is 619 g/mol. The molecule has 0 aliphatic carbocycles. The van der Waals surface area contributed by atoms with E-state index in [1.54, 1.807) is 43.3 Å². The summed E-state index contributed by atoms with van der Waals surface area (Å²) in [6.45, 7) is 5.48. The first kappa shape index (κ1) is 29.4. The lowest BCUT2D eigenvalue weighted by Gasteiger charge is -2.13. The molecule has 0 heterocycles. The Hall–Kier alpha value is -3.57. The standard InChI is InChI=1S/C28H25Cl2N3O5S2/c1-17-7-9-22(15-18(17)2)32-40(37,38)27-16-20(8-14-25(27)30)28(34)31-21-10-12-23(13-11-21)39(35,36)33-26-6-4-5-24(29)19(26)3/h4-16,32-33H,1-3H3,(H,31,34). The van der Waals surface area contributed by atoms with Gasteiger partial charge in [-0.25, -0.2) is 16.8 Å². The Morgan fingerprint density at radius 3 is 2.02 bits per heavy atom. The quantitative estimate of drug-likeness (QED) is 0.201. The normalized spacial score (nSPS) is 11.6.